The zero-order valence-electron chi connectivity index (χ0n) is 10.8. The number of carbonyl (C=O) groups is 1. The van der Waals surface area contributed by atoms with Crippen LogP contribution in [0.2, 0.25) is 0 Å². The fraction of sp³-hybridized carbons (Fsp3) is 0.750. The molecule has 2 N–H and O–H groups in total. The van der Waals surface area contributed by atoms with Crippen LogP contribution in [0, 0.1) is 0 Å². The normalized spacial score (nSPS) is 11.8. The number of rotatable bonds is 7. The number of hydrogen-bond donors (Lipinski definition) is 1. The van der Waals surface area contributed by atoms with Crippen molar-refractivity contribution in [3.63, 3.8) is 0 Å². The van der Waals surface area contributed by atoms with Crippen LogP contribution >= 0.6 is 0 Å². The zero-order valence-corrected chi connectivity index (χ0v) is 11.5. The smallest absolute Gasteiger partial charge is 0.333 e. The molecule has 16 heavy (non-hydrogen) atoms. The average Bonchev–Trinajstić information content (AvgIpc) is 2.19. The molecule has 0 spiro atoms. The molecule has 0 aliphatic rings. The van der Waals surface area contributed by atoms with Gasteiger partial charge in [-0.1, -0.05) is 20.4 Å². The maximum Gasteiger partial charge on any atom is 0.333 e. The number of ether oxygens (including phenoxy) is 1. The first kappa shape index (κ1) is 17.8. The molecule has 0 fully saturated rings. The summed E-state index contributed by atoms with van der Waals surface area (Å²) in [6.07, 6.45) is 2.25. The van der Waals surface area contributed by atoms with E-state index in [4.69, 9.17) is 4.74 Å². The van der Waals surface area contributed by atoms with Gasteiger partial charge in [-0.25, -0.2) is 4.79 Å². The van der Waals surface area contributed by atoms with Crippen molar-refractivity contribution in [2.45, 2.75) is 52.7 Å². The summed E-state index contributed by atoms with van der Waals surface area (Å²) in [4.78, 5) is 11.2. The van der Waals surface area contributed by atoms with Gasteiger partial charge < -0.3 is 22.5 Å². The van der Waals surface area contributed by atoms with Crippen molar-refractivity contribution in [3.8, 4) is 0 Å². The van der Waals surface area contributed by atoms with E-state index in [-0.39, 0.29) is 24.5 Å². The minimum absolute atomic E-state index is 0. The molecule has 0 saturated carbocycles. The van der Waals surface area contributed by atoms with E-state index >= 15 is 0 Å². The summed E-state index contributed by atoms with van der Waals surface area (Å²) in [6, 6.07) is 0.635. The molecule has 0 aliphatic carbocycles. The highest BCUT2D eigenvalue weighted by Gasteiger charge is 2.13. The van der Waals surface area contributed by atoms with Gasteiger partial charge in [0, 0.05) is 5.57 Å². The molecule has 0 radical (unpaired) electrons. The Balaban J connectivity index is 0. The molecular formula is C12H24ClNO2. The molecule has 0 aromatic carbocycles. The van der Waals surface area contributed by atoms with Gasteiger partial charge in [0.15, 0.2) is 0 Å². The van der Waals surface area contributed by atoms with Crippen LogP contribution in [-0.4, -0.2) is 24.7 Å². The second-order valence-corrected chi connectivity index (χ2v) is 4.04. The van der Waals surface area contributed by atoms with Crippen LogP contribution in [0.15, 0.2) is 12.2 Å². The summed E-state index contributed by atoms with van der Waals surface area (Å²) in [5, 5.41) is 2.25. The Kier molecular flexibility index (Phi) is 10.8. The first-order chi connectivity index (χ1) is 7.01. The van der Waals surface area contributed by atoms with E-state index in [1.807, 2.05) is 6.92 Å². The summed E-state index contributed by atoms with van der Waals surface area (Å²) in [5.74, 6) is -0.291. The Hall–Kier alpha value is -0.540. The Morgan fingerprint density at radius 2 is 1.88 bits per heavy atom. The molecular weight excluding hydrogens is 226 g/mol. The maximum atomic E-state index is 11.2. The lowest BCUT2D eigenvalue weighted by molar-refractivity contribution is -0.694. The van der Waals surface area contributed by atoms with Crippen molar-refractivity contribution >= 4 is 5.97 Å². The van der Waals surface area contributed by atoms with E-state index in [1.165, 1.54) is 0 Å². The minimum Gasteiger partial charge on any atom is -1.00 e. The highest BCUT2D eigenvalue weighted by molar-refractivity contribution is 5.87. The molecule has 0 amide bonds. The van der Waals surface area contributed by atoms with Crippen LogP contribution in [0.5, 0.6) is 0 Å². The summed E-state index contributed by atoms with van der Waals surface area (Å²) in [7, 11) is 0. The third-order valence-electron chi connectivity index (χ3n) is 2.51. The Morgan fingerprint density at radius 1 is 1.38 bits per heavy atom. The van der Waals surface area contributed by atoms with Crippen LogP contribution < -0.4 is 17.7 Å². The lowest BCUT2D eigenvalue weighted by Crippen LogP contribution is -3.00. The van der Waals surface area contributed by atoms with E-state index in [0.717, 1.165) is 19.4 Å². The van der Waals surface area contributed by atoms with Gasteiger partial charge in [-0.05, 0) is 26.7 Å². The highest BCUT2D eigenvalue weighted by atomic mass is 35.5. The fourth-order valence-corrected chi connectivity index (χ4v) is 1.34. The van der Waals surface area contributed by atoms with Crippen molar-refractivity contribution in [2.75, 3.05) is 6.54 Å². The van der Waals surface area contributed by atoms with E-state index in [1.54, 1.807) is 6.92 Å². The SMILES string of the molecule is C=C(C)C(=O)OC(C)C[NH2+]C(CC)CC.[Cl-]. The minimum atomic E-state index is -0.291. The second kappa shape index (κ2) is 9.67. The number of halogens is 1. The van der Waals surface area contributed by atoms with E-state index in [0.29, 0.717) is 11.6 Å². The molecule has 0 aromatic rings. The second-order valence-electron chi connectivity index (χ2n) is 4.04. The van der Waals surface area contributed by atoms with Crippen LogP contribution in [0.1, 0.15) is 40.5 Å². The quantitative estimate of drug-likeness (QED) is 0.430. The van der Waals surface area contributed by atoms with Crippen molar-refractivity contribution in [3.05, 3.63) is 12.2 Å². The van der Waals surface area contributed by atoms with Gasteiger partial charge in [0.2, 0.25) is 0 Å². The Morgan fingerprint density at radius 3 is 2.25 bits per heavy atom. The predicted octanol–water partition coefficient (Wildman–Crippen LogP) is -1.75. The van der Waals surface area contributed by atoms with Gasteiger partial charge in [-0.15, -0.1) is 0 Å². The molecule has 0 aromatic heterocycles. The van der Waals surface area contributed by atoms with Crippen molar-refractivity contribution < 1.29 is 27.3 Å². The van der Waals surface area contributed by atoms with E-state index in [2.05, 4.69) is 25.7 Å². The van der Waals surface area contributed by atoms with Gasteiger partial charge in [0.1, 0.15) is 12.6 Å². The molecule has 0 bridgehead atoms. The third-order valence-corrected chi connectivity index (χ3v) is 2.51. The Bertz CT molecular complexity index is 215. The van der Waals surface area contributed by atoms with Crippen LogP contribution in [0.4, 0.5) is 0 Å². The number of hydrogen-bond acceptors (Lipinski definition) is 2. The summed E-state index contributed by atoms with van der Waals surface area (Å²) >= 11 is 0. The van der Waals surface area contributed by atoms with E-state index in [9.17, 15) is 4.79 Å². The first-order valence-electron chi connectivity index (χ1n) is 5.71. The zero-order chi connectivity index (χ0) is 11.8. The number of carbonyl (C=O) groups excluding carboxylic acids is 1. The average molecular weight is 250 g/mol. The van der Waals surface area contributed by atoms with Crippen LogP contribution in [-0.2, 0) is 9.53 Å². The number of nitrogens with two attached hydrogens (primary N) is 1. The summed E-state index contributed by atoms with van der Waals surface area (Å²) in [6.45, 7) is 12.3. The fourth-order valence-electron chi connectivity index (χ4n) is 1.34. The first-order valence-corrected chi connectivity index (χ1v) is 5.71. The van der Waals surface area contributed by atoms with Gasteiger partial charge in [0.05, 0.1) is 6.04 Å². The molecule has 0 saturated heterocycles. The largest absolute Gasteiger partial charge is 1.00 e. The molecule has 0 heterocycles. The van der Waals surface area contributed by atoms with E-state index < -0.39 is 0 Å². The van der Waals surface area contributed by atoms with Gasteiger partial charge in [0.25, 0.3) is 0 Å². The lowest BCUT2D eigenvalue weighted by atomic mass is 10.1. The van der Waals surface area contributed by atoms with Crippen molar-refractivity contribution in [2.24, 2.45) is 0 Å². The topological polar surface area (TPSA) is 42.9 Å². The monoisotopic (exact) mass is 249 g/mol. The number of esters is 1. The highest BCUT2D eigenvalue weighted by Crippen LogP contribution is 1.96. The van der Waals surface area contributed by atoms with Crippen LogP contribution in [0.3, 0.4) is 0 Å². The third kappa shape index (κ3) is 7.71. The summed E-state index contributed by atoms with van der Waals surface area (Å²) in [5.41, 5.74) is 0.462. The van der Waals surface area contributed by atoms with Gasteiger partial charge in [-0.3, -0.25) is 0 Å². The molecule has 1 unspecified atom stereocenters. The predicted molar refractivity (Wildman–Crippen MR) is 61.5 cm³/mol. The lowest BCUT2D eigenvalue weighted by Gasteiger charge is -2.16. The van der Waals surface area contributed by atoms with Gasteiger partial charge in [-0.2, -0.15) is 0 Å². The Labute approximate surface area is 105 Å². The maximum absolute atomic E-state index is 11.2. The van der Waals surface area contributed by atoms with Crippen molar-refractivity contribution in [1.82, 2.24) is 0 Å². The number of quaternary nitrogens is 1. The molecule has 4 heteroatoms. The molecule has 3 nitrogen and oxygen atoms in total. The molecule has 0 aliphatic heterocycles. The van der Waals surface area contributed by atoms with Gasteiger partial charge >= 0.3 is 5.97 Å². The van der Waals surface area contributed by atoms with Crippen LogP contribution in [0.25, 0.3) is 0 Å². The molecule has 1 atom stereocenters. The molecule has 0 rings (SSSR count). The van der Waals surface area contributed by atoms with Crippen molar-refractivity contribution in [1.29, 1.82) is 0 Å². The molecule has 96 valence electrons. The standard InChI is InChI=1S/C12H23NO2.ClH/c1-6-11(7-2)13-8-10(5)15-12(14)9(3)4;/h10-11,13H,3,6-8H2,1-2,4-5H3;1H. The summed E-state index contributed by atoms with van der Waals surface area (Å²) < 4.78 is 5.18.